The van der Waals surface area contributed by atoms with Gasteiger partial charge in [-0.3, -0.25) is 19.1 Å². The second kappa shape index (κ2) is 15.6. The molecular formula is C37H42ClF2N9O5. The Labute approximate surface area is 315 Å². The van der Waals surface area contributed by atoms with Crippen molar-refractivity contribution in [3.05, 3.63) is 59.6 Å². The van der Waals surface area contributed by atoms with E-state index in [9.17, 15) is 23.2 Å². The van der Waals surface area contributed by atoms with E-state index in [4.69, 9.17) is 21.1 Å². The van der Waals surface area contributed by atoms with Crippen LogP contribution in [0.25, 0.3) is 16.9 Å². The van der Waals surface area contributed by atoms with Gasteiger partial charge in [0.15, 0.2) is 5.65 Å². The predicted molar refractivity (Wildman–Crippen MR) is 193 cm³/mol. The lowest BCUT2D eigenvalue weighted by Gasteiger charge is -2.36. The number of halogens is 3. The molecule has 286 valence electrons. The molecule has 8 rings (SSSR count). The second-order valence-electron chi connectivity index (χ2n) is 14.7. The summed E-state index contributed by atoms with van der Waals surface area (Å²) in [5.74, 6) is 0.808. The van der Waals surface area contributed by atoms with Gasteiger partial charge in [-0.25, -0.2) is 9.50 Å². The van der Waals surface area contributed by atoms with Gasteiger partial charge in [0.2, 0.25) is 11.8 Å². The minimum atomic E-state index is -3.12. The molecule has 14 nitrogen and oxygen atoms in total. The molecule has 4 aliphatic rings. The lowest BCUT2D eigenvalue weighted by Crippen LogP contribution is -2.45. The van der Waals surface area contributed by atoms with Gasteiger partial charge in [0.05, 0.1) is 11.9 Å². The Morgan fingerprint density at radius 1 is 1.02 bits per heavy atom. The molecule has 0 spiro atoms. The highest BCUT2D eigenvalue weighted by Gasteiger charge is 2.42. The van der Waals surface area contributed by atoms with E-state index in [0.717, 1.165) is 58.4 Å². The summed E-state index contributed by atoms with van der Waals surface area (Å²) < 4.78 is 39.9. The van der Waals surface area contributed by atoms with Crippen LogP contribution in [0.1, 0.15) is 36.0 Å². The van der Waals surface area contributed by atoms with Crippen LogP contribution in [-0.4, -0.2) is 122 Å². The minimum Gasteiger partial charge on any atom is -0.434 e. The molecule has 54 heavy (non-hydrogen) atoms. The first-order valence-electron chi connectivity index (χ1n) is 18.5. The van der Waals surface area contributed by atoms with Crippen LogP contribution in [0.5, 0.6) is 5.75 Å². The molecule has 4 fully saturated rings. The van der Waals surface area contributed by atoms with Crippen LogP contribution < -0.4 is 10.1 Å². The molecule has 17 heteroatoms. The Morgan fingerprint density at radius 3 is 2.52 bits per heavy atom. The molecule has 0 bridgehead atoms. The fourth-order valence-corrected chi connectivity index (χ4v) is 8.61. The Bertz CT molecular complexity index is 2000. The number of carbonyl (C=O) groups excluding carboxylic acids is 3. The molecule has 3 amide bonds. The largest absolute Gasteiger partial charge is 0.434 e. The van der Waals surface area contributed by atoms with Crippen LogP contribution in [0.2, 0.25) is 5.02 Å². The number of fused-ring (bicyclic) bond motifs is 2. The fourth-order valence-electron chi connectivity index (χ4n) is 8.44. The molecular weight excluding hydrogens is 724 g/mol. The number of rotatable bonds is 10. The Balaban J connectivity index is 0.907. The lowest BCUT2D eigenvalue weighted by molar-refractivity contribution is -0.140. The average Bonchev–Trinajstić information content (AvgIpc) is 3.96. The standard InChI is InChI=1S/C37H42ClF2N9O5/c38-27-2-3-31(54-37(39)40)28(14-27)33-30(43-35(51)29-15-42-49-9-1-8-41-34(29)49)21-48(44-33)22-32(50)47-19-25-17-45(18-26(25)20-47)16-23-4-10-46(11-5-23)36(52)24-6-12-53-13-7-24/h1-3,8-9,14-15,21,23-26,37H,4-7,10-13,16-20,22H2,(H,43,51)/t25-,26?/m0/s1. The zero-order chi connectivity index (χ0) is 37.3. The van der Waals surface area contributed by atoms with E-state index in [1.54, 1.807) is 12.3 Å². The number of aromatic nitrogens is 5. The number of amides is 3. The molecule has 4 aliphatic heterocycles. The zero-order valence-corrected chi connectivity index (χ0v) is 30.4. The van der Waals surface area contributed by atoms with Gasteiger partial charge >= 0.3 is 6.61 Å². The van der Waals surface area contributed by atoms with Gasteiger partial charge in [-0.15, -0.1) is 0 Å². The predicted octanol–water partition coefficient (Wildman–Crippen LogP) is 4.16. The summed E-state index contributed by atoms with van der Waals surface area (Å²) in [6.45, 7) is 3.89. The molecule has 0 radical (unpaired) electrons. The van der Waals surface area contributed by atoms with Crippen LogP contribution in [0.4, 0.5) is 14.5 Å². The lowest BCUT2D eigenvalue weighted by atomic mass is 9.93. The highest BCUT2D eigenvalue weighted by atomic mass is 35.5. The number of carbonyl (C=O) groups is 3. The van der Waals surface area contributed by atoms with E-state index in [-0.39, 0.29) is 51.7 Å². The van der Waals surface area contributed by atoms with Crippen molar-refractivity contribution in [1.29, 1.82) is 0 Å². The van der Waals surface area contributed by atoms with Gasteiger partial charge in [-0.2, -0.15) is 19.0 Å². The van der Waals surface area contributed by atoms with Crippen molar-refractivity contribution in [2.45, 2.75) is 38.8 Å². The first-order chi connectivity index (χ1) is 26.2. The Kier molecular flexibility index (Phi) is 10.5. The summed E-state index contributed by atoms with van der Waals surface area (Å²) in [4.78, 5) is 50.8. The van der Waals surface area contributed by atoms with Crippen LogP contribution >= 0.6 is 11.6 Å². The first kappa shape index (κ1) is 36.3. The van der Waals surface area contributed by atoms with Crippen LogP contribution in [0, 0.1) is 23.7 Å². The number of likely N-dealkylation sites (tertiary alicyclic amines) is 3. The number of ether oxygens (including phenoxy) is 2. The van der Waals surface area contributed by atoms with Crippen molar-refractivity contribution >= 4 is 40.7 Å². The Hall–Kier alpha value is -4.67. The van der Waals surface area contributed by atoms with Crippen LogP contribution in [0.3, 0.4) is 0 Å². The number of piperidine rings is 1. The molecule has 0 aliphatic carbocycles. The van der Waals surface area contributed by atoms with Crippen molar-refractivity contribution in [2.24, 2.45) is 23.7 Å². The van der Waals surface area contributed by atoms with Crippen LogP contribution in [0.15, 0.2) is 49.1 Å². The van der Waals surface area contributed by atoms with Gasteiger partial charge < -0.3 is 29.5 Å². The summed E-state index contributed by atoms with van der Waals surface area (Å²) in [5.41, 5.74) is 0.896. The summed E-state index contributed by atoms with van der Waals surface area (Å²) in [5, 5.41) is 11.8. The van der Waals surface area contributed by atoms with Crippen molar-refractivity contribution in [2.75, 3.05) is 64.3 Å². The summed E-state index contributed by atoms with van der Waals surface area (Å²) >= 11 is 6.27. The number of alkyl halides is 2. The van der Waals surface area contributed by atoms with Crippen molar-refractivity contribution in [3.8, 4) is 17.0 Å². The van der Waals surface area contributed by atoms with Crippen LogP contribution in [-0.2, 0) is 20.9 Å². The summed E-state index contributed by atoms with van der Waals surface area (Å²) in [6, 6.07) is 5.82. The molecule has 7 heterocycles. The maximum Gasteiger partial charge on any atom is 0.387 e. The minimum absolute atomic E-state index is 0.103. The maximum absolute atomic E-state index is 13.7. The molecule has 1 aromatic carbocycles. The number of hydrogen-bond acceptors (Lipinski definition) is 9. The summed E-state index contributed by atoms with van der Waals surface area (Å²) in [7, 11) is 0. The van der Waals surface area contributed by atoms with E-state index in [0.29, 0.717) is 55.6 Å². The van der Waals surface area contributed by atoms with Gasteiger partial charge in [0.25, 0.3) is 5.91 Å². The monoisotopic (exact) mass is 765 g/mol. The smallest absolute Gasteiger partial charge is 0.387 e. The number of benzene rings is 1. The number of anilines is 1. The van der Waals surface area contributed by atoms with E-state index >= 15 is 0 Å². The molecule has 4 aromatic rings. The number of nitrogens with zero attached hydrogens (tertiary/aromatic N) is 8. The molecule has 0 saturated carbocycles. The van der Waals surface area contributed by atoms with Crippen molar-refractivity contribution in [3.63, 3.8) is 0 Å². The number of nitrogens with one attached hydrogen (secondary N) is 1. The van der Waals surface area contributed by atoms with Crippen molar-refractivity contribution in [1.82, 2.24) is 39.1 Å². The Morgan fingerprint density at radius 2 is 1.78 bits per heavy atom. The average molecular weight is 766 g/mol. The third kappa shape index (κ3) is 7.77. The maximum atomic E-state index is 13.7. The SMILES string of the molecule is O=C(Nc1cn(CC(=O)N2CC3CN(CC4CCN(C(=O)C5CCOCC5)CC4)C[C@H]3C2)nc1-c1cc(Cl)ccc1OC(F)F)c1cnn2cccnc12. The van der Waals surface area contributed by atoms with E-state index < -0.39 is 12.5 Å². The third-order valence-corrected chi connectivity index (χ3v) is 11.4. The molecule has 1 unspecified atom stereocenters. The summed E-state index contributed by atoms with van der Waals surface area (Å²) in [6.07, 6.45) is 9.74. The first-order valence-corrected chi connectivity index (χ1v) is 18.8. The molecule has 4 saturated heterocycles. The highest BCUT2D eigenvalue weighted by Crippen LogP contribution is 2.38. The van der Waals surface area contributed by atoms with E-state index in [1.165, 1.54) is 46.0 Å². The quantitative estimate of drug-likeness (QED) is 0.252. The molecule has 3 aromatic heterocycles. The van der Waals surface area contributed by atoms with E-state index in [2.05, 4.69) is 30.3 Å². The van der Waals surface area contributed by atoms with Gasteiger partial charge in [-0.05, 0) is 67.7 Å². The van der Waals surface area contributed by atoms with Gasteiger partial charge in [0, 0.05) is 94.1 Å². The fraction of sp³-hybridized carbons (Fsp3) is 0.514. The van der Waals surface area contributed by atoms with Crippen molar-refractivity contribution < 1.29 is 32.6 Å². The zero-order valence-electron chi connectivity index (χ0n) is 29.7. The highest BCUT2D eigenvalue weighted by molar-refractivity contribution is 6.31. The topological polar surface area (TPSA) is 139 Å². The normalized spacial score (nSPS) is 21.3. The molecule has 2 atom stereocenters. The van der Waals surface area contributed by atoms with Gasteiger partial charge in [0.1, 0.15) is 23.6 Å². The van der Waals surface area contributed by atoms with Gasteiger partial charge in [-0.1, -0.05) is 11.6 Å². The second-order valence-corrected chi connectivity index (χ2v) is 15.1. The van der Waals surface area contributed by atoms with E-state index in [1.807, 2.05) is 4.90 Å². The number of hydrogen-bond donors (Lipinski definition) is 1. The third-order valence-electron chi connectivity index (χ3n) is 11.2. The molecule has 1 N–H and O–H groups in total.